The van der Waals surface area contributed by atoms with Gasteiger partial charge in [-0.1, -0.05) is 66.9 Å². The van der Waals surface area contributed by atoms with Gasteiger partial charge in [0, 0.05) is 28.5 Å². The zero-order chi connectivity index (χ0) is 17.9. The molecule has 0 spiro atoms. The van der Waals surface area contributed by atoms with E-state index in [1.807, 2.05) is 12.1 Å². The maximum absolute atomic E-state index is 6.14. The Morgan fingerprint density at radius 2 is 1.54 bits per heavy atom. The van der Waals surface area contributed by atoms with E-state index in [2.05, 4.69) is 54.0 Å². The highest BCUT2D eigenvalue weighted by Crippen LogP contribution is 2.36. The predicted molar refractivity (Wildman–Crippen MR) is 111 cm³/mol. The van der Waals surface area contributed by atoms with E-state index in [0.717, 1.165) is 11.6 Å². The molecule has 0 aliphatic heterocycles. The first-order chi connectivity index (χ1) is 12.7. The van der Waals surface area contributed by atoms with E-state index in [1.54, 1.807) is 11.3 Å². The zero-order valence-corrected chi connectivity index (χ0v) is 16.2. The molecule has 2 aromatic carbocycles. The van der Waals surface area contributed by atoms with Crippen LogP contribution in [0.5, 0.6) is 0 Å². The van der Waals surface area contributed by atoms with Crippen molar-refractivity contribution in [1.82, 2.24) is 4.57 Å². The fraction of sp³-hybridized carbons (Fsp3) is 0.333. The van der Waals surface area contributed by atoms with Gasteiger partial charge in [0.05, 0.1) is 0 Å². The standard InChI is InChI=1S/C24H26ClN/c1-18-24(20-13-15-21(25)16-14-20)22-11-7-2-3-8-12-23(22)26(18)17-19-9-5-4-6-10-19/h4-6,9-10,13-16H,2-3,7-8,11-12,17H2,1H3. The largest absolute Gasteiger partial charge is 0.344 e. The second kappa shape index (κ2) is 7.72. The van der Waals surface area contributed by atoms with Gasteiger partial charge in [0.2, 0.25) is 0 Å². The molecular weight excluding hydrogens is 338 g/mol. The van der Waals surface area contributed by atoms with Gasteiger partial charge in [-0.15, -0.1) is 0 Å². The number of aromatic nitrogens is 1. The molecule has 0 fully saturated rings. The van der Waals surface area contributed by atoms with Gasteiger partial charge in [0.15, 0.2) is 0 Å². The van der Waals surface area contributed by atoms with Crippen LogP contribution in [-0.4, -0.2) is 4.57 Å². The van der Waals surface area contributed by atoms with Crippen LogP contribution in [0.2, 0.25) is 5.02 Å². The molecule has 1 aliphatic rings. The maximum atomic E-state index is 6.14. The van der Waals surface area contributed by atoms with E-state index in [-0.39, 0.29) is 0 Å². The summed E-state index contributed by atoms with van der Waals surface area (Å²) in [4.78, 5) is 0. The molecule has 2 heteroatoms. The van der Waals surface area contributed by atoms with Gasteiger partial charge in [-0.25, -0.2) is 0 Å². The number of fused-ring (bicyclic) bond motifs is 1. The van der Waals surface area contributed by atoms with Crippen molar-refractivity contribution in [3.63, 3.8) is 0 Å². The molecule has 0 saturated carbocycles. The smallest absolute Gasteiger partial charge is 0.0475 e. The van der Waals surface area contributed by atoms with E-state index in [0.29, 0.717) is 0 Å². The average molecular weight is 364 g/mol. The number of nitrogens with zero attached hydrogens (tertiary/aromatic N) is 1. The quantitative estimate of drug-likeness (QED) is 0.481. The first-order valence-corrected chi connectivity index (χ1v) is 10.1. The first kappa shape index (κ1) is 17.4. The Bertz CT molecular complexity index is 875. The number of rotatable bonds is 3. The summed E-state index contributed by atoms with van der Waals surface area (Å²) in [6.45, 7) is 3.25. The minimum atomic E-state index is 0.804. The van der Waals surface area contributed by atoms with Crippen LogP contribution in [0, 0.1) is 6.92 Å². The highest BCUT2D eigenvalue weighted by Gasteiger charge is 2.22. The molecule has 3 aromatic rings. The molecule has 1 aliphatic carbocycles. The van der Waals surface area contributed by atoms with Crippen LogP contribution in [0.3, 0.4) is 0 Å². The van der Waals surface area contributed by atoms with E-state index in [9.17, 15) is 0 Å². The summed E-state index contributed by atoms with van der Waals surface area (Å²) in [5.74, 6) is 0. The average Bonchev–Trinajstić information content (AvgIpc) is 2.88. The first-order valence-electron chi connectivity index (χ1n) is 9.75. The van der Waals surface area contributed by atoms with Gasteiger partial charge in [-0.3, -0.25) is 0 Å². The molecule has 134 valence electrons. The lowest BCUT2D eigenvalue weighted by Gasteiger charge is -2.15. The highest BCUT2D eigenvalue weighted by atomic mass is 35.5. The van der Waals surface area contributed by atoms with Crippen molar-refractivity contribution in [1.29, 1.82) is 0 Å². The van der Waals surface area contributed by atoms with Gasteiger partial charge in [0.25, 0.3) is 0 Å². The second-order valence-corrected chi connectivity index (χ2v) is 7.81. The van der Waals surface area contributed by atoms with Gasteiger partial charge in [-0.05, 0) is 61.4 Å². The lowest BCUT2D eigenvalue weighted by Crippen LogP contribution is -2.08. The van der Waals surface area contributed by atoms with E-state index >= 15 is 0 Å². The summed E-state index contributed by atoms with van der Waals surface area (Å²) in [5, 5.41) is 0.804. The molecule has 1 heterocycles. The lowest BCUT2D eigenvalue weighted by molar-refractivity contribution is 0.591. The molecular formula is C24H26ClN. The summed E-state index contributed by atoms with van der Waals surface area (Å²) in [7, 11) is 0. The fourth-order valence-corrected chi connectivity index (χ4v) is 4.47. The van der Waals surface area contributed by atoms with Gasteiger partial charge < -0.3 is 4.57 Å². The van der Waals surface area contributed by atoms with Crippen molar-refractivity contribution in [2.45, 2.75) is 52.0 Å². The number of hydrogen-bond acceptors (Lipinski definition) is 0. The van der Waals surface area contributed by atoms with Gasteiger partial charge in [-0.2, -0.15) is 0 Å². The normalized spacial score (nSPS) is 14.5. The Labute approximate surface area is 161 Å². The van der Waals surface area contributed by atoms with Crippen molar-refractivity contribution < 1.29 is 0 Å². The van der Waals surface area contributed by atoms with E-state index in [1.165, 1.54) is 60.9 Å². The molecule has 1 nitrogen and oxygen atoms in total. The summed E-state index contributed by atoms with van der Waals surface area (Å²) in [5.41, 5.74) is 8.63. The van der Waals surface area contributed by atoms with E-state index in [4.69, 9.17) is 11.6 Å². The Kier molecular flexibility index (Phi) is 5.17. The molecule has 0 atom stereocenters. The number of halogens is 1. The topological polar surface area (TPSA) is 4.93 Å². The van der Waals surface area contributed by atoms with E-state index < -0.39 is 0 Å². The van der Waals surface area contributed by atoms with Gasteiger partial charge >= 0.3 is 0 Å². The van der Waals surface area contributed by atoms with Crippen molar-refractivity contribution in [2.24, 2.45) is 0 Å². The third-order valence-corrected chi connectivity index (χ3v) is 5.90. The zero-order valence-electron chi connectivity index (χ0n) is 15.5. The summed E-state index contributed by atoms with van der Waals surface area (Å²) in [6.07, 6.45) is 7.67. The molecule has 0 saturated heterocycles. The van der Waals surface area contributed by atoms with Crippen LogP contribution in [0.1, 0.15) is 48.2 Å². The maximum Gasteiger partial charge on any atom is 0.0475 e. The second-order valence-electron chi connectivity index (χ2n) is 7.38. The third-order valence-electron chi connectivity index (χ3n) is 5.65. The van der Waals surface area contributed by atoms with Crippen LogP contribution in [0.4, 0.5) is 0 Å². The molecule has 0 bridgehead atoms. The lowest BCUT2D eigenvalue weighted by atomic mass is 9.92. The fourth-order valence-electron chi connectivity index (χ4n) is 4.35. The Morgan fingerprint density at radius 3 is 2.27 bits per heavy atom. The van der Waals surface area contributed by atoms with Crippen LogP contribution in [0.25, 0.3) is 11.1 Å². The van der Waals surface area contributed by atoms with Crippen molar-refractivity contribution >= 4 is 11.6 Å². The van der Waals surface area contributed by atoms with Crippen LogP contribution >= 0.6 is 11.6 Å². The summed E-state index contributed by atoms with van der Waals surface area (Å²) < 4.78 is 2.57. The summed E-state index contributed by atoms with van der Waals surface area (Å²) >= 11 is 6.14. The number of hydrogen-bond donors (Lipinski definition) is 0. The molecule has 0 amide bonds. The number of benzene rings is 2. The van der Waals surface area contributed by atoms with Crippen molar-refractivity contribution in [3.8, 4) is 11.1 Å². The highest BCUT2D eigenvalue weighted by molar-refractivity contribution is 6.30. The van der Waals surface area contributed by atoms with Crippen molar-refractivity contribution in [2.75, 3.05) is 0 Å². The molecule has 26 heavy (non-hydrogen) atoms. The molecule has 1 aromatic heterocycles. The molecule has 0 unspecified atom stereocenters. The van der Waals surface area contributed by atoms with Gasteiger partial charge in [0.1, 0.15) is 0 Å². The Balaban J connectivity index is 1.85. The summed E-state index contributed by atoms with van der Waals surface area (Å²) in [6, 6.07) is 19.2. The third kappa shape index (κ3) is 3.46. The monoisotopic (exact) mass is 363 g/mol. The Morgan fingerprint density at radius 1 is 0.846 bits per heavy atom. The Hall–Kier alpha value is -1.99. The van der Waals surface area contributed by atoms with Crippen LogP contribution in [0.15, 0.2) is 54.6 Å². The predicted octanol–water partition coefficient (Wildman–Crippen LogP) is 6.82. The SMILES string of the molecule is Cc1c(-c2ccc(Cl)cc2)c2c(n1Cc1ccccc1)CCCCCC2. The van der Waals surface area contributed by atoms with Crippen molar-refractivity contribution in [3.05, 3.63) is 82.1 Å². The molecule has 0 radical (unpaired) electrons. The van der Waals surface area contributed by atoms with Crippen LogP contribution < -0.4 is 0 Å². The molecule has 0 N–H and O–H groups in total. The minimum Gasteiger partial charge on any atom is -0.344 e. The van der Waals surface area contributed by atoms with Crippen LogP contribution in [-0.2, 0) is 19.4 Å². The molecule has 4 rings (SSSR count). The minimum absolute atomic E-state index is 0.804.